The first kappa shape index (κ1) is 14.7. The summed E-state index contributed by atoms with van der Waals surface area (Å²) in [6.07, 6.45) is 5.33. The quantitative estimate of drug-likeness (QED) is 0.520. The van der Waals surface area contributed by atoms with Crippen LogP contribution in [0.5, 0.6) is 0 Å². The molecule has 0 spiro atoms. The molecule has 0 aliphatic rings. The van der Waals surface area contributed by atoms with Crippen LogP contribution in [0.25, 0.3) is 38.9 Å². The Morgan fingerprint density at radius 2 is 2.00 bits per heavy atom. The number of aliphatic hydroxyl groups excluding tert-OH is 1. The molecule has 0 aliphatic heterocycles. The highest BCUT2D eigenvalue weighted by molar-refractivity contribution is 5.98. The number of hydrogen-bond acceptors (Lipinski definition) is 6. The number of hydrogen-bond donors (Lipinski definition) is 2. The first-order valence-corrected chi connectivity index (χ1v) is 8.04. The van der Waals surface area contributed by atoms with Gasteiger partial charge in [0, 0.05) is 18.0 Å². The van der Waals surface area contributed by atoms with Gasteiger partial charge in [0.05, 0.1) is 18.4 Å². The number of nitrogens with one attached hydrogen (secondary N) is 1. The number of benzene rings is 2. The number of rotatable bonds is 3. The molecule has 0 aliphatic carbocycles. The van der Waals surface area contributed by atoms with Gasteiger partial charge >= 0.3 is 0 Å². The molecular formula is C18H13N7O. The van der Waals surface area contributed by atoms with Gasteiger partial charge in [-0.25, -0.2) is 9.50 Å². The van der Waals surface area contributed by atoms with Crippen molar-refractivity contribution in [3.8, 4) is 22.5 Å². The third-order valence-corrected chi connectivity index (χ3v) is 4.42. The van der Waals surface area contributed by atoms with Crippen molar-refractivity contribution in [1.82, 2.24) is 35.2 Å². The number of H-pyrrole nitrogens is 1. The van der Waals surface area contributed by atoms with Crippen LogP contribution in [-0.2, 0) is 6.61 Å². The van der Waals surface area contributed by atoms with E-state index in [9.17, 15) is 5.11 Å². The zero-order chi connectivity index (χ0) is 17.5. The van der Waals surface area contributed by atoms with Crippen molar-refractivity contribution in [2.75, 3.05) is 0 Å². The molecular weight excluding hydrogens is 330 g/mol. The van der Waals surface area contributed by atoms with Crippen molar-refractivity contribution < 1.29 is 5.11 Å². The molecule has 3 aromatic heterocycles. The average Bonchev–Trinajstić information content (AvgIpc) is 3.35. The molecule has 0 saturated heterocycles. The maximum atomic E-state index is 9.81. The summed E-state index contributed by atoms with van der Waals surface area (Å²) in [6.45, 7) is -0.0502. The zero-order valence-electron chi connectivity index (χ0n) is 13.5. The van der Waals surface area contributed by atoms with Gasteiger partial charge in [0.25, 0.3) is 0 Å². The number of nitrogens with zero attached hydrogens (tertiary/aromatic N) is 6. The van der Waals surface area contributed by atoms with Crippen LogP contribution >= 0.6 is 0 Å². The monoisotopic (exact) mass is 343 g/mol. The molecule has 0 radical (unpaired) electrons. The minimum absolute atomic E-state index is 0.0502. The van der Waals surface area contributed by atoms with Crippen LogP contribution in [0.3, 0.4) is 0 Å². The van der Waals surface area contributed by atoms with Gasteiger partial charge < -0.3 is 5.11 Å². The molecule has 2 aromatic carbocycles. The van der Waals surface area contributed by atoms with Crippen LogP contribution in [0.15, 0.2) is 55.0 Å². The molecule has 0 bridgehead atoms. The maximum Gasteiger partial charge on any atom is 0.210 e. The Morgan fingerprint density at radius 1 is 1.08 bits per heavy atom. The summed E-state index contributed by atoms with van der Waals surface area (Å²) >= 11 is 0. The van der Waals surface area contributed by atoms with E-state index >= 15 is 0 Å². The zero-order valence-corrected chi connectivity index (χ0v) is 13.5. The van der Waals surface area contributed by atoms with Gasteiger partial charge in [-0.1, -0.05) is 36.4 Å². The molecule has 0 saturated carbocycles. The van der Waals surface area contributed by atoms with Crippen LogP contribution in [0, 0.1) is 0 Å². The number of tetrazole rings is 1. The molecule has 0 amide bonds. The summed E-state index contributed by atoms with van der Waals surface area (Å²) < 4.78 is 1.68. The van der Waals surface area contributed by atoms with E-state index in [2.05, 4.69) is 30.7 Å². The van der Waals surface area contributed by atoms with Crippen LogP contribution in [0.4, 0.5) is 0 Å². The van der Waals surface area contributed by atoms with Gasteiger partial charge in [-0.05, 0) is 27.1 Å². The van der Waals surface area contributed by atoms with Crippen molar-refractivity contribution in [3.05, 3.63) is 60.6 Å². The third-order valence-electron chi connectivity index (χ3n) is 4.42. The van der Waals surface area contributed by atoms with Crippen LogP contribution in [0.1, 0.15) is 5.56 Å². The molecule has 8 heteroatoms. The molecule has 3 heterocycles. The molecule has 0 fully saturated rings. The number of aromatic nitrogens is 7. The normalized spacial score (nSPS) is 11.4. The van der Waals surface area contributed by atoms with Crippen molar-refractivity contribution >= 4 is 16.4 Å². The number of fused-ring (bicyclic) bond motifs is 2. The predicted octanol–water partition coefficient (Wildman–Crippen LogP) is 2.22. The summed E-state index contributed by atoms with van der Waals surface area (Å²) in [5, 5.41) is 30.3. The van der Waals surface area contributed by atoms with Gasteiger partial charge in [-0.3, -0.25) is 0 Å². The third kappa shape index (κ3) is 2.16. The lowest BCUT2D eigenvalue weighted by Crippen LogP contribution is -1.96. The maximum absolute atomic E-state index is 9.81. The minimum atomic E-state index is -0.0502. The van der Waals surface area contributed by atoms with Gasteiger partial charge in [0.1, 0.15) is 0 Å². The van der Waals surface area contributed by atoms with E-state index in [1.54, 1.807) is 16.9 Å². The molecule has 0 atom stereocenters. The second-order valence-corrected chi connectivity index (χ2v) is 5.88. The average molecular weight is 343 g/mol. The van der Waals surface area contributed by atoms with E-state index in [-0.39, 0.29) is 6.61 Å². The van der Waals surface area contributed by atoms with E-state index in [4.69, 9.17) is 0 Å². The van der Waals surface area contributed by atoms with E-state index in [0.717, 1.165) is 27.5 Å². The smallest absolute Gasteiger partial charge is 0.210 e. The molecule has 2 N–H and O–H groups in total. The lowest BCUT2D eigenvalue weighted by Gasteiger charge is -2.12. The molecule has 126 valence electrons. The summed E-state index contributed by atoms with van der Waals surface area (Å²) in [7, 11) is 0. The largest absolute Gasteiger partial charge is 0.392 e. The first-order chi connectivity index (χ1) is 12.8. The topological polar surface area (TPSA) is 105 Å². The second kappa shape index (κ2) is 5.71. The van der Waals surface area contributed by atoms with Crippen molar-refractivity contribution in [1.29, 1.82) is 0 Å². The second-order valence-electron chi connectivity index (χ2n) is 5.88. The highest BCUT2D eigenvalue weighted by atomic mass is 16.3. The van der Waals surface area contributed by atoms with E-state index < -0.39 is 0 Å². The van der Waals surface area contributed by atoms with E-state index in [1.807, 2.05) is 42.6 Å². The van der Waals surface area contributed by atoms with Crippen molar-refractivity contribution in [2.24, 2.45) is 0 Å². The van der Waals surface area contributed by atoms with E-state index in [0.29, 0.717) is 17.0 Å². The summed E-state index contributed by atoms with van der Waals surface area (Å²) in [6, 6.07) is 12.0. The molecule has 0 unspecified atom stereocenters. The highest BCUT2D eigenvalue weighted by Gasteiger charge is 2.15. The highest BCUT2D eigenvalue weighted by Crippen LogP contribution is 2.32. The Labute approximate surface area is 147 Å². The SMILES string of the molecule is OCc1ccc2ccccc2c1-c1cnc2c(-c3nn[nH]n3)cnn2c1. The van der Waals surface area contributed by atoms with Crippen LogP contribution in [0.2, 0.25) is 0 Å². The fraction of sp³-hybridized carbons (Fsp3) is 0.0556. The minimum Gasteiger partial charge on any atom is -0.392 e. The van der Waals surface area contributed by atoms with Crippen molar-refractivity contribution in [2.45, 2.75) is 6.61 Å². The Kier molecular flexibility index (Phi) is 3.22. The molecule has 5 aromatic rings. The Morgan fingerprint density at radius 3 is 2.85 bits per heavy atom. The molecule has 26 heavy (non-hydrogen) atoms. The van der Waals surface area contributed by atoms with Gasteiger partial charge in [0.15, 0.2) is 5.65 Å². The standard InChI is InChI=1S/C18H13N7O/c26-10-12-6-5-11-3-1-2-4-14(11)16(12)13-7-19-18-15(8-20-25(18)9-13)17-21-23-24-22-17/h1-9,26H,10H2,(H,21,22,23,24). The fourth-order valence-electron chi connectivity index (χ4n) is 3.23. The lowest BCUT2D eigenvalue weighted by atomic mass is 9.95. The summed E-state index contributed by atoms with van der Waals surface area (Å²) in [4.78, 5) is 4.55. The summed E-state index contributed by atoms with van der Waals surface area (Å²) in [5.74, 6) is 0.446. The molecule has 8 nitrogen and oxygen atoms in total. The van der Waals surface area contributed by atoms with Crippen LogP contribution in [-0.4, -0.2) is 40.3 Å². The van der Waals surface area contributed by atoms with Crippen LogP contribution < -0.4 is 0 Å². The number of aliphatic hydroxyl groups is 1. The van der Waals surface area contributed by atoms with E-state index in [1.165, 1.54) is 0 Å². The Balaban J connectivity index is 1.74. The van der Waals surface area contributed by atoms with Gasteiger partial charge in [-0.15, -0.1) is 10.2 Å². The van der Waals surface area contributed by atoms with Crippen molar-refractivity contribution in [3.63, 3.8) is 0 Å². The van der Waals surface area contributed by atoms with Gasteiger partial charge in [0.2, 0.25) is 5.82 Å². The Hall–Kier alpha value is -3.65. The lowest BCUT2D eigenvalue weighted by molar-refractivity contribution is 0.282. The molecule has 5 rings (SSSR count). The Bertz CT molecular complexity index is 1230. The number of aromatic amines is 1. The fourth-order valence-corrected chi connectivity index (χ4v) is 3.23. The predicted molar refractivity (Wildman–Crippen MR) is 95.0 cm³/mol. The van der Waals surface area contributed by atoms with Gasteiger partial charge in [-0.2, -0.15) is 10.3 Å². The summed E-state index contributed by atoms with van der Waals surface area (Å²) in [5.41, 5.74) is 4.01. The first-order valence-electron chi connectivity index (χ1n) is 8.04.